The van der Waals surface area contributed by atoms with Crippen LogP contribution in [0.25, 0.3) is 11.1 Å². The van der Waals surface area contributed by atoms with Crippen LogP contribution in [0, 0.1) is 11.6 Å². The number of piperazine rings is 1. The standard InChI is InChI=1S/C27H26ClF2N3O3/c1-15(34)13-36-21-8-7-17(26(31)35)23(25(21)30)22-18-12-27(16-5-3-2-4-6-16)14-32-9-10-33(27)20(18)11-19(29)24(22)28/h2-8,11,15,32,34H,9-10,12-14H2,1H3,(H2,31,35). The van der Waals surface area contributed by atoms with Crippen molar-refractivity contribution in [1.29, 1.82) is 0 Å². The van der Waals surface area contributed by atoms with Crippen molar-refractivity contribution in [2.24, 2.45) is 5.73 Å². The van der Waals surface area contributed by atoms with Gasteiger partial charge in [0.2, 0.25) is 5.91 Å². The van der Waals surface area contributed by atoms with E-state index in [9.17, 15) is 9.90 Å². The van der Waals surface area contributed by atoms with Crippen LogP contribution < -0.4 is 20.7 Å². The molecule has 36 heavy (non-hydrogen) atoms. The van der Waals surface area contributed by atoms with Crippen LogP contribution >= 0.6 is 11.6 Å². The van der Waals surface area contributed by atoms with E-state index in [-0.39, 0.29) is 34.1 Å². The Kier molecular flexibility index (Phi) is 6.36. The number of hydrogen-bond acceptors (Lipinski definition) is 5. The second kappa shape index (κ2) is 9.35. The number of aliphatic hydroxyl groups excluding tert-OH is 1. The number of aliphatic hydroxyl groups is 1. The Hall–Kier alpha value is -3.20. The number of primary amides is 1. The van der Waals surface area contributed by atoms with Crippen LogP contribution in [0.1, 0.15) is 28.4 Å². The van der Waals surface area contributed by atoms with E-state index in [1.807, 2.05) is 30.3 Å². The Morgan fingerprint density at radius 3 is 2.69 bits per heavy atom. The van der Waals surface area contributed by atoms with Gasteiger partial charge in [-0.25, -0.2) is 8.78 Å². The summed E-state index contributed by atoms with van der Waals surface area (Å²) in [6.07, 6.45) is -0.440. The van der Waals surface area contributed by atoms with Crippen LogP contribution in [0.4, 0.5) is 14.5 Å². The molecule has 5 rings (SSSR count). The molecule has 6 nitrogen and oxygen atoms in total. The molecule has 188 valence electrons. The van der Waals surface area contributed by atoms with E-state index >= 15 is 8.78 Å². The van der Waals surface area contributed by atoms with Gasteiger partial charge < -0.3 is 25.8 Å². The van der Waals surface area contributed by atoms with Gasteiger partial charge in [0.15, 0.2) is 11.6 Å². The number of nitrogens with one attached hydrogen (secondary N) is 1. The number of anilines is 1. The zero-order valence-corrected chi connectivity index (χ0v) is 20.4. The fourth-order valence-electron chi connectivity index (χ4n) is 5.36. The third-order valence-electron chi connectivity index (χ3n) is 6.92. The number of nitrogens with two attached hydrogens (primary N) is 1. The highest BCUT2D eigenvalue weighted by Crippen LogP contribution is 2.52. The van der Waals surface area contributed by atoms with Gasteiger partial charge in [0.1, 0.15) is 12.4 Å². The predicted octanol–water partition coefficient (Wildman–Crippen LogP) is 4.00. The molecule has 0 aliphatic carbocycles. The van der Waals surface area contributed by atoms with Gasteiger partial charge in [-0.15, -0.1) is 0 Å². The molecular formula is C27H26ClF2N3O3. The Bertz CT molecular complexity index is 1340. The molecule has 0 saturated carbocycles. The SMILES string of the molecule is CC(O)COc1ccc(C(N)=O)c(-c2c(Cl)c(F)cc3c2CC2(c4ccccc4)CNCCN32)c1F. The number of fused-ring (bicyclic) bond motifs is 3. The minimum Gasteiger partial charge on any atom is -0.488 e. The fraction of sp³-hybridized carbons (Fsp3) is 0.296. The Morgan fingerprint density at radius 2 is 2.00 bits per heavy atom. The first-order valence-electron chi connectivity index (χ1n) is 11.7. The van der Waals surface area contributed by atoms with E-state index in [1.54, 1.807) is 0 Å². The van der Waals surface area contributed by atoms with Gasteiger partial charge in [-0.2, -0.15) is 0 Å². The molecule has 2 aliphatic heterocycles. The lowest BCUT2D eigenvalue weighted by atomic mass is 9.83. The van der Waals surface area contributed by atoms with E-state index in [4.69, 9.17) is 22.1 Å². The second-order valence-electron chi connectivity index (χ2n) is 9.27. The molecule has 2 atom stereocenters. The highest BCUT2D eigenvalue weighted by Gasteiger charge is 2.48. The van der Waals surface area contributed by atoms with Gasteiger partial charge in [0.05, 0.1) is 22.2 Å². The van der Waals surface area contributed by atoms with Crippen molar-refractivity contribution < 1.29 is 23.4 Å². The van der Waals surface area contributed by atoms with Crippen molar-refractivity contribution in [3.63, 3.8) is 0 Å². The number of nitrogens with zero attached hydrogens (tertiary/aromatic N) is 1. The monoisotopic (exact) mass is 513 g/mol. The zero-order valence-electron chi connectivity index (χ0n) is 19.7. The van der Waals surface area contributed by atoms with Gasteiger partial charge in [0.25, 0.3) is 0 Å². The van der Waals surface area contributed by atoms with Crippen LogP contribution in [0.2, 0.25) is 5.02 Å². The molecule has 0 radical (unpaired) electrons. The summed E-state index contributed by atoms with van der Waals surface area (Å²) in [6.45, 7) is 3.22. The smallest absolute Gasteiger partial charge is 0.249 e. The molecule has 1 fully saturated rings. The molecular weight excluding hydrogens is 488 g/mol. The summed E-state index contributed by atoms with van der Waals surface area (Å²) in [5.74, 6) is -2.69. The van der Waals surface area contributed by atoms with E-state index in [2.05, 4.69) is 10.2 Å². The molecule has 1 saturated heterocycles. The molecule has 2 unspecified atom stereocenters. The van der Waals surface area contributed by atoms with E-state index < -0.39 is 29.2 Å². The Morgan fingerprint density at radius 1 is 1.25 bits per heavy atom. The van der Waals surface area contributed by atoms with E-state index in [0.29, 0.717) is 37.3 Å². The van der Waals surface area contributed by atoms with Crippen molar-refractivity contribution in [3.05, 3.63) is 81.9 Å². The minimum atomic E-state index is -0.890. The maximum absolute atomic E-state index is 16.0. The number of hydrogen-bond donors (Lipinski definition) is 3. The second-order valence-corrected chi connectivity index (χ2v) is 9.65. The number of amides is 1. The maximum atomic E-state index is 16.0. The van der Waals surface area contributed by atoms with Gasteiger partial charge in [0, 0.05) is 42.9 Å². The van der Waals surface area contributed by atoms with Gasteiger partial charge in [-0.05, 0) is 36.2 Å². The maximum Gasteiger partial charge on any atom is 0.249 e. The lowest BCUT2D eigenvalue weighted by Gasteiger charge is -2.45. The quantitative estimate of drug-likeness (QED) is 0.464. The number of halogens is 3. The van der Waals surface area contributed by atoms with E-state index in [0.717, 1.165) is 5.56 Å². The molecule has 4 N–H and O–H groups in total. The first-order chi connectivity index (χ1) is 17.2. The van der Waals surface area contributed by atoms with Gasteiger partial charge in [-0.3, -0.25) is 4.79 Å². The van der Waals surface area contributed by atoms with Crippen molar-refractivity contribution in [2.45, 2.75) is 25.0 Å². The van der Waals surface area contributed by atoms with Crippen molar-refractivity contribution in [3.8, 4) is 16.9 Å². The molecule has 3 aromatic carbocycles. The number of carbonyl (C=O) groups excluding carboxylic acids is 1. The number of ether oxygens (including phenoxy) is 1. The average Bonchev–Trinajstić information content (AvgIpc) is 3.19. The molecule has 2 aliphatic rings. The van der Waals surface area contributed by atoms with Crippen molar-refractivity contribution >= 4 is 23.2 Å². The third kappa shape index (κ3) is 3.89. The molecule has 9 heteroatoms. The lowest BCUT2D eigenvalue weighted by molar-refractivity contribution is 0.0999. The zero-order chi connectivity index (χ0) is 25.6. The highest BCUT2D eigenvalue weighted by atomic mass is 35.5. The highest BCUT2D eigenvalue weighted by molar-refractivity contribution is 6.34. The molecule has 2 heterocycles. The molecule has 0 bridgehead atoms. The summed E-state index contributed by atoms with van der Waals surface area (Å²) in [5.41, 5.74) is 7.07. The first-order valence-corrected chi connectivity index (χ1v) is 12.1. The van der Waals surface area contributed by atoms with Crippen LogP contribution in [0.3, 0.4) is 0 Å². The fourth-order valence-corrected chi connectivity index (χ4v) is 5.63. The number of rotatable bonds is 6. The van der Waals surface area contributed by atoms with Crippen LogP contribution in [-0.2, 0) is 12.0 Å². The predicted molar refractivity (Wildman–Crippen MR) is 135 cm³/mol. The summed E-state index contributed by atoms with van der Waals surface area (Å²) in [7, 11) is 0. The molecule has 3 aromatic rings. The number of carbonyl (C=O) groups is 1. The van der Waals surface area contributed by atoms with Crippen LogP contribution in [0.5, 0.6) is 5.75 Å². The normalized spacial score (nSPS) is 19.5. The third-order valence-corrected chi connectivity index (χ3v) is 7.29. The van der Waals surface area contributed by atoms with Gasteiger partial charge >= 0.3 is 0 Å². The molecule has 0 spiro atoms. The summed E-state index contributed by atoms with van der Waals surface area (Å²) < 4.78 is 36.8. The largest absolute Gasteiger partial charge is 0.488 e. The average molecular weight is 514 g/mol. The number of benzene rings is 3. The van der Waals surface area contributed by atoms with Crippen molar-refractivity contribution in [1.82, 2.24) is 5.32 Å². The topological polar surface area (TPSA) is 87.8 Å². The molecule has 0 aromatic heterocycles. The molecule has 1 amide bonds. The summed E-state index contributed by atoms with van der Waals surface area (Å²) in [4.78, 5) is 14.5. The van der Waals surface area contributed by atoms with Crippen molar-refractivity contribution in [2.75, 3.05) is 31.1 Å². The Balaban J connectivity index is 1.76. The van der Waals surface area contributed by atoms with E-state index in [1.165, 1.54) is 25.1 Å². The van der Waals surface area contributed by atoms with Crippen LogP contribution in [-0.4, -0.2) is 43.4 Å². The summed E-state index contributed by atoms with van der Waals surface area (Å²) in [5, 5.41) is 12.7. The van der Waals surface area contributed by atoms with Gasteiger partial charge in [-0.1, -0.05) is 41.9 Å². The summed E-state index contributed by atoms with van der Waals surface area (Å²) >= 11 is 6.52. The minimum absolute atomic E-state index is 0.0881. The summed E-state index contributed by atoms with van der Waals surface area (Å²) in [6, 6.07) is 13.8. The first kappa shape index (κ1) is 24.5. The van der Waals surface area contributed by atoms with Crippen LogP contribution in [0.15, 0.2) is 48.5 Å². The lowest BCUT2D eigenvalue weighted by Crippen LogP contribution is -2.57. The Labute approximate surface area is 212 Å².